The Hall–Kier alpha value is -3.91. The van der Waals surface area contributed by atoms with Crippen molar-refractivity contribution in [2.24, 2.45) is 0 Å². The topological polar surface area (TPSA) is 75.7 Å². The molecule has 1 heterocycles. The molecular weight excluding hydrogens is 467 g/mol. The highest BCUT2D eigenvalue weighted by atomic mass is 32.2. The van der Waals surface area contributed by atoms with Gasteiger partial charge >= 0.3 is 5.97 Å². The summed E-state index contributed by atoms with van der Waals surface area (Å²) in [5.41, 5.74) is 0.681. The molecule has 0 unspecified atom stereocenters. The monoisotopic (exact) mass is 490 g/mol. The van der Waals surface area contributed by atoms with Gasteiger partial charge in [0.25, 0.3) is 11.8 Å². The minimum atomic E-state index is -0.616. The fourth-order valence-electron chi connectivity index (χ4n) is 3.39. The number of unbranched alkanes of at least 4 members (excludes halogenated alkanes) is 1. The molecule has 35 heavy (non-hydrogen) atoms. The number of nitrogens with zero attached hydrogens (tertiary/aromatic N) is 1. The van der Waals surface area contributed by atoms with Crippen molar-refractivity contribution in [1.82, 2.24) is 0 Å². The molecule has 4 rings (SSSR count). The molecule has 3 aromatic carbocycles. The summed E-state index contributed by atoms with van der Waals surface area (Å²) in [6.45, 7) is 2.33. The SMILES string of the molecule is CCCCOC(=O)c1ccc(N2C(=O)C(Nc3ccccc3F)=C(Sc3ccccc3)C2=O)cc1. The number of halogens is 1. The number of carbonyl (C=O) groups is 3. The molecule has 1 aliphatic rings. The third kappa shape index (κ3) is 5.44. The number of hydrogen-bond acceptors (Lipinski definition) is 6. The number of esters is 1. The van der Waals surface area contributed by atoms with Gasteiger partial charge in [0.1, 0.15) is 16.4 Å². The Labute approximate surface area is 206 Å². The third-order valence-electron chi connectivity index (χ3n) is 5.23. The Balaban J connectivity index is 1.63. The maximum Gasteiger partial charge on any atom is 0.338 e. The summed E-state index contributed by atoms with van der Waals surface area (Å²) in [6.07, 6.45) is 1.68. The maximum absolute atomic E-state index is 14.3. The number of carbonyl (C=O) groups excluding carboxylic acids is 3. The quantitative estimate of drug-likeness (QED) is 0.233. The van der Waals surface area contributed by atoms with Crippen molar-refractivity contribution in [1.29, 1.82) is 0 Å². The number of hydrogen-bond donors (Lipinski definition) is 1. The van der Waals surface area contributed by atoms with Crippen LogP contribution in [0.3, 0.4) is 0 Å². The van der Waals surface area contributed by atoms with Crippen LogP contribution in [0.25, 0.3) is 0 Å². The summed E-state index contributed by atoms with van der Waals surface area (Å²) in [6, 6.07) is 21.1. The summed E-state index contributed by atoms with van der Waals surface area (Å²) >= 11 is 1.12. The van der Waals surface area contributed by atoms with E-state index in [0.717, 1.165) is 34.4 Å². The lowest BCUT2D eigenvalue weighted by molar-refractivity contribution is -0.120. The first kappa shape index (κ1) is 24.2. The molecule has 1 N–H and O–H groups in total. The molecule has 3 aromatic rings. The lowest BCUT2D eigenvalue weighted by Gasteiger charge is -2.16. The highest BCUT2D eigenvalue weighted by Crippen LogP contribution is 2.38. The Morgan fingerprint density at radius 3 is 2.31 bits per heavy atom. The molecule has 6 nitrogen and oxygen atoms in total. The molecule has 0 radical (unpaired) electrons. The van der Waals surface area contributed by atoms with Crippen LogP contribution in [0.5, 0.6) is 0 Å². The van der Waals surface area contributed by atoms with Gasteiger partial charge in [-0.3, -0.25) is 9.59 Å². The number of nitrogens with one attached hydrogen (secondary N) is 1. The molecule has 178 valence electrons. The van der Waals surface area contributed by atoms with Crippen molar-refractivity contribution >= 4 is 40.9 Å². The van der Waals surface area contributed by atoms with Gasteiger partial charge in [-0.25, -0.2) is 14.1 Å². The van der Waals surface area contributed by atoms with E-state index in [2.05, 4.69) is 5.32 Å². The minimum absolute atomic E-state index is 0.0167. The minimum Gasteiger partial charge on any atom is -0.462 e. The number of ether oxygens (including phenoxy) is 1. The molecule has 0 saturated carbocycles. The number of benzene rings is 3. The van der Waals surface area contributed by atoms with Crippen LogP contribution in [0, 0.1) is 5.82 Å². The van der Waals surface area contributed by atoms with Crippen LogP contribution in [0.2, 0.25) is 0 Å². The molecule has 0 saturated heterocycles. The predicted molar refractivity (Wildman–Crippen MR) is 133 cm³/mol. The Bertz CT molecular complexity index is 1280. The maximum atomic E-state index is 14.3. The van der Waals surface area contributed by atoms with Gasteiger partial charge in [-0.15, -0.1) is 0 Å². The van der Waals surface area contributed by atoms with Crippen LogP contribution in [-0.2, 0) is 14.3 Å². The van der Waals surface area contributed by atoms with Crippen molar-refractivity contribution in [3.05, 3.63) is 101 Å². The lowest BCUT2D eigenvalue weighted by atomic mass is 10.2. The lowest BCUT2D eigenvalue weighted by Crippen LogP contribution is -2.32. The molecule has 8 heteroatoms. The summed E-state index contributed by atoms with van der Waals surface area (Å²) in [4.78, 5) is 40.9. The first-order valence-corrected chi connectivity index (χ1v) is 12.0. The number of para-hydroxylation sites is 1. The van der Waals surface area contributed by atoms with Crippen molar-refractivity contribution in [2.75, 3.05) is 16.8 Å². The van der Waals surface area contributed by atoms with Gasteiger partial charge in [0, 0.05) is 4.90 Å². The number of rotatable bonds is 9. The predicted octanol–water partition coefficient (Wildman–Crippen LogP) is 5.77. The second-order valence-corrected chi connectivity index (χ2v) is 8.79. The first-order chi connectivity index (χ1) is 17.0. The second kappa shape index (κ2) is 11.0. The standard InChI is InChI=1S/C27H23FN2O4S/c1-2-3-17-34-27(33)18-13-15-19(16-14-18)30-25(31)23(29-22-12-8-7-11-21(22)28)24(26(30)32)35-20-9-5-4-6-10-20/h4-16,29H,2-3,17H2,1H3. The van der Waals surface area contributed by atoms with Crippen molar-refractivity contribution in [3.63, 3.8) is 0 Å². The van der Waals surface area contributed by atoms with E-state index in [9.17, 15) is 18.8 Å². The fraction of sp³-hybridized carbons (Fsp3) is 0.148. The van der Waals surface area contributed by atoms with Crippen molar-refractivity contribution in [2.45, 2.75) is 24.7 Å². The number of imide groups is 1. The van der Waals surface area contributed by atoms with Crippen molar-refractivity contribution in [3.8, 4) is 0 Å². The molecule has 2 amide bonds. The van der Waals surface area contributed by atoms with Gasteiger partial charge in [0.2, 0.25) is 0 Å². The van der Waals surface area contributed by atoms with Gasteiger partial charge in [-0.1, -0.05) is 55.4 Å². The van der Waals surface area contributed by atoms with Gasteiger partial charge in [-0.05, 0) is 55.0 Å². The van der Waals surface area contributed by atoms with Gasteiger partial charge in [0.15, 0.2) is 0 Å². The smallest absolute Gasteiger partial charge is 0.338 e. The van der Waals surface area contributed by atoms with E-state index in [1.807, 2.05) is 37.3 Å². The van der Waals surface area contributed by atoms with Crippen LogP contribution >= 0.6 is 11.8 Å². The number of thioether (sulfide) groups is 1. The highest BCUT2D eigenvalue weighted by Gasteiger charge is 2.40. The van der Waals surface area contributed by atoms with Gasteiger partial charge < -0.3 is 10.1 Å². The highest BCUT2D eigenvalue weighted by molar-refractivity contribution is 8.04. The summed E-state index contributed by atoms with van der Waals surface area (Å²) in [5.74, 6) is -2.17. The van der Waals surface area contributed by atoms with E-state index in [-0.39, 0.29) is 16.3 Å². The number of anilines is 2. The zero-order valence-electron chi connectivity index (χ0n) is 19.0. The van der Waals surface area contributed by atoms with Crippen LogP contribution < -0.4 is 10.2 Å². The van der Waals surface area contributed by atoms with E-state index in [0.29, 0.717) is 17.9 Å². The largest absolute Gasteiger partial charge is 0.462 e. The second-order valence-electron chi connectivity index (χ2n) is 7.71. The fourth-order valence-corrected chi connectivity index (χ4v) is 4.34. The Morgan fingerprint density at radius 1 is 0.943 bits per heavy atom. The van der Waals surface area contributed by atoms with Crippen LogP contribution in [-0.4, -0.2) is 24.4 Å². The Kier molecular flexibility index (Phi) is 7.62. The van der Waals surface area contributed by atoms with E-state index in [1.165, 1.54) is 42.5 Å². The van der Waals surface area contributed by atoms with Crippen LogP contribution in [0.1, 0.15) is 30.1 Å². The van der Waals surface area contributed by atoms with Gasteiger partial charge in [0.05, 0.1) is 23.5 Å². The molecule has 0 fully saturated rings. The molecule has 0 bridgehead atoms. The average Bonchev–Trinajstić information content (AvgIpc) is 3.10. The van der Waals surface area contributed by atoms with Gasteiger partial charge in [-0.2, -0.15) is 0 Å². The average molecular weight is 491 g/mol. The van der Waals surface area contributed by atoms with E-state index < -0.39 is 23.6 Å². The molecule has 0 aliphatic carbocycles. The summed E-state index contributed by atoms with van der Waals surface area (Å²) in [7, 11) is 0. The zero-order chi connectivity index (χ0) is 24.8. The van der Waals surface area contributed by atoms with Crippen molar-refractivity contribution < 1.29 is 23.5 Å². The Morgan fingerprint density at radius 2 is 1.63 bits per heavy atom. The molecule has 0 aromatic heterocycles. The van der Waals surface area contributed by atoms with E-state index >= 15 is 0 Å². The summed E-state index contributed by atoms with van der Waals surface area (Å²) < 4.78 is 19.5. The van der Waals surface area contributed by atoms with E-state index in [4.69, 9.17) is 4.74 Å². The molecule has 0 atom stereocenters. The molecular formula is C27H23FN2O4S. The van der Waals surface area contributed by atoms with Crippen LogP contribution in [0.4, 0.5) is 15.8 Å². The third-order valence-corrected chi connectivity index (χ3v) is 6.32. The zero-order valence-corrected chi connectivity index (χ0v) is 19.8. The molecule has 0 spiro atoms. The molecule has 1 aliphatic heterocycles. The van der Waals surface area contributed by atoms with Crippen LogP contribution in [0.15, 0.2) is 94.4 Å². The normalized spacial score (nSPS) is 13.4. The summed E-state index contributed by atoms with van der Waals surface area (Å²) in [5, 5.41) is 2.82. The van der Waals surface area contributed by atoms with E-state index in [1.54, 1.807) is 6.07 Å². The first-order valence-electron chi connectivity index (χ1n) is 11.1. The number of amides is 2.